The summed E-state index contributed by atoms with van der Waals surface area (Å²) < 4.78 is 76.9. The van der Waals surface area contributed by atoms with Gasteiger partial charge >= 0.3 is 23.9 Å². The zero-order valence-electron chi connectivity index (χ0n) is 39.0. The fraction of sp³-hybridized carbons (Fsp3) is 0.592. The van der Waals surface area contributed by atoms with Crippen molar-refractivity contribution < 1.29 is 85.5 Å². The zero-order valence-corrected chi connectivity index (χ0v) is 40.7. The van der Waals surface area contributed by atoms with Gasteiger partial charge in [-0.3, -0.25) is 9.59 Å². The lowest BCUT2D eigenvalue weighted by atomic mass is 10.1. The average Bonchev–Trinajstić information content (AvgIpc) is 3.37. The lowest BCUT2D eigenvalue weighted by Gasteiger charge is -2.18. The van der Waals surface area contributed by atoms with Gasteiger partial charge in [0.1, 0.15) is 31.8 Å². The number of rotatable bonds is 16. The smallest absolute Gasteiger partial charge is 0.338 e. The Bertz CT molecular complexity index is 1730. The molecule has 2 saturated heterocycles. The Kier molecular flexibility index (Phi) is 32.0. The fourth-order valence-electron chi connectivity index (χ4n) is 5.76. The van der Waals surface area contributed by atoms with E-state index in [2.05, 4.69) is 23.7 Å². The number of carbonyl (C=O) groups is 4. The van der Waals surface area contributed by atoms with Gasteiger partial charge < -0.3 is 66.3 Å². The van der Waals surface area contributed by atoms with E-state index in [1.54, 1.807) is 36.4 Å². The van der Waals surface area contributed by atoms with Crippen LogP contribution in [0.3, 0.4) is 0 Å². The van der Waals surface area contributed by atoms with Crippen LogP contribution in [0.5, 0.6) is 0 Å². The van der Waals surface area contributed by atoms with Gasteiger partial charge in [-0.25, -0.2) is 9.59 Å². The summed E-state index contributed by atoms with van der Waals surface area (Å²) in [5.74, 6) is 11.0. The quantitative estimate of drug-likeness (QED) is 0.0777. The monoisotopic (exact) mass is 1000 g/mol. The molecule has 2 atom stereocenters. The predicted molar refractivity (Wildman–Crippen MR) is 254 cm³/mol. The van der Waals surface area contributed by atoms with Gasteiger partial charge in [-0.15, -0.1) is 23.5 Å². The summed E-state index contributed by atoms with van der Waals surface area (Å²) in [7, 11) is 0. The molecular weight excluding hydrogens is 941 g/mol. The Balaban J connectivity index is 1.03. The molecule has 0 spiro atoms. The Morgan fingerprint density at radius 2 is 0.826 bits per heavy atom. The number of esters is 4. The molecule has 2 fully saturated rings. The molecular formula is C49H64O18S2. The molecule has 0 saturated carbocycles. The molecule has 2 aliphatic rings. The van der Waals surface area contributed by atoms with Crippen molar-refractivity contribution in [2.24, 2.45) is 0 Å². The van der Waals surface area contributed by atoms with Crippen LogP contribution in [0.2, 0.25) is 0 Å². The SMILES string of the molecule is O=C(CC(=O)OCC#CCSCc1cccc(C(=O)OCC2COCCOCCOCCOCCO2)c1)OCC#CCSCc1cccc(C(=O)OCC2COCCOCCOCCOCCO2)c1. The number of benzene rings is 2. The van der Waals surface area contributed by atoms with Crippen molar-refractivity contribution in [3.8, 4) is 23.7 Å². The van der Waals surface area contributed by atoms with Crippen LogP contribution in [0.15, 0.2) is 48.5 Å². The standard InChI is InChI=1S/C49H64O18S2/c50-46(64-11-1-3-29-68-38-40-7-5-9-42(31-40)48(52)66-36-44-34-60-23-21-56-15-13-54-17-19-58-25-27-62-44)33-47(51)65-12-2-4-30-69-39-41-8-6-10-43(32-41)49(53)67-37-45-35-61-24-22-57-16-14-55-18-20-59-26-28-63-45/h5-10,31-32,44-45H,11-30,33-39H2. The summed E-state index contributed by atoms with van der Waals surface area (Å²) in [5.41, 5.74) is 2.64. The minimum Gasteiger partial charge on any atom is -0.459 e. The van der Waals surface area contributed by atoms with Crippen LogP contribution in [0.1, 0.15) is 38.3 Å². The number of hydrogen-bond acceptors (Lipinski definition) is 20. The molecule has 2 aromatic carbocycles. The van der Waals surface area contributed by atoms with Crippen molar-refractivity contribution in [3.63, 3.8) is 0 Å². The maximum Gasteiger partial charge on any atom is 0.338 e. The van der Waals surface area contributed by atoms with E-state index in [0.29, 0.717) is 140 Å². The molecule has 380 valence electrons. The van der Waals surface area contributed by atoms with E-state index >= 15 is 0 Å². The van der Waals surface area contributed by atoms with Crippen LogP contribution >= 0.6 is 23.5 Å². The van der Waals surface area contributed by atoms with Gasteiger partial charge in [0.2, 0.25) is 0 Å². The van der Waals surface area contributed by atoms with E-state index in [9.17, 15) is 19.2 Å². The molecule has 18 nitrogen and oxygen atoms in total. The summed E-state index contributed by atoms with van der Waals surface area (Å²) in [6.45, 7) is 6.92. The summed E-state index contributed by atoms with van der Waals surface area (Å²) in [6.07, 6.45) is -1.49. The van der Waals surface area contributed by atoms with E-state index in [1.165, 1.54) is 23.5 Å². The van der Waals surface area contributed by atoms with Crippen molar-refractivity contribution in [3.05, 3.63) is 70.8 Å². The van der Waals surface area contributed by atoms with E-state index < -0.39 is 42.5 Å². The van der Waals surface area contributed by atoms with Crippen LogP contribution < -0.4 is 0 Å². The van der Waals surface area contributed by atoms with Crippen LogP contribution in [-0.2, 0) is 87.4 Å². The second-order valence-electron chi connectivity index (χ2n) is 14.6. The van der Waals surface area contributed by atoms with E-state index in [0.717, 1.165) is 11.1 Å². The van der Waals surface area contributed by atoms with Gasteiger partial charge in [-0.2, -0.15) is 0 Å². The predicted octanol–water partition coefficient (Wildman–Crippen LogP) is 3.58. The van der Waals surface area contributed by atoms with E-state index in [-0.39, 0.29) is 39.6 Å². The molecule has 0 bridgehead atoms. The van der Waals surface area contributed by atoms with Gasteiger partial charge in [0.05, 0.1) is 142 Å². The molecule has 20 heteroatoms. The Labute approximate surface area is 412 Å². The molecule has 2 aliphatic heterocycles. The number of hydrogen-bond donors (Lipinski definition) is 0. The van der Waals surface area contributed by atoms with Gasteiger partial charge in [0.25, 0.3) is 0 Å². The molecule has 0 aliphatic carbocycles. The molecule has 0 aromatic heterocycles. The van der Waals surface area contributed by atoms with Crippen LogP contribution in [0, 0.1) is 23.7 Å². The first-order valence-electron chi connectivity index (χ1n) is 22.7. The maximum absolute atomic E-state index is 12.9. The molecule has 0 radical (unpaired) electrons. The van der Waals surface area contributed by atoms with Crippen LogP contribution in [0.4, 0.5) is 0 Å². The summed E-state index contributed by atoms with van der Waals surface area (Å²) >= 11 is 3.04. The first kappa shape index (κ1) is 57.3. The van der Waals surface area contributed by atoms with Crippen molar-refractivity contribution in [1.29, 1.82) is 0 Å². The van der Waals surface area contributed by atoms with Crippen molar-refractivity contribution in [2.45, 2.75) is 30.1 Å². The second-order valence-corrected chi connectivity index (χ2v) is 16.6. The Morgan fingerprint density at radius 3 is 1.22 bits per heavy atom. The molecule has 0 N–H and O–H groups in total. The topological polar surface area (TPSA) is 197 Å². The van der Waals surface area contributed by atoms with Crippen molar-refractivity contribution in [1.82, 2.24) is 0 Å². The minimum absolute atomic E-state index is 0.0168. The van der Waals surface area contributed by atoms with Crippen LogP contribution in [-0.4, -0.2) is 193 Å². The highest BCUT2D eigenvalue weighted by molar-refractivity contribution is 7.98. The highest BCUT2D eigenvalue weighted by Crippen LogP contribution is 2.16. The molecule has 0 amide bonds. The lowest BCUT2D eigenvalue weighted by molar-refractivity contribution is -0.152. The van der Waals surface area contributed by atoms with E-state index in [1.807, 2.05) is 12.1 Å². The first-order valence-corrected chi connectivity index (χ1v) is 25.0. The zero-order chi connectivity index (χ0) is 48.7. The van der Waals surface area contributed by atoms with Gasteiger partial charge in [0.15, 0.2) is 13.2 Å². The number of thioether (sulfide) groups is 2. The summed E-state index contributed by atoms with van der Waals surface area (Å²) in [4.78, 5) is 49.9. The third-order valence-corrected chi connectivity index (χ3v) is 10.9. The van der Waals surface area contributed by atoms with E-state index in [4.69, 9.17) is 66.3 Å². The third kappa shape index (κ3) is 28.9. The Hall–Kier alpha value is -4.26. The van der Waals surface area contributed by atoms with Crippen LogP contribution in [0.25, 0.3) is 0 Å². The highest BCUT2D eigenvalue weighted by atomic mass is 32.2. The Morgan fingerprint density at radius 1 is 0.464 bits per heavy atom. The summed E-state index contributed by atoms with van der Waals surface area (Å²) in [5, 5.41) is 0. The summed E-state index contributed by atoms with van der Waals surface area (Å²) in [6, 6.07) is 14.3. The largest absolute Gasteiger partial charge is 0.459 e. The fourth-order valence-corrected chi connectivity index (χ4v) is 7.21. The molecule has 2 heterocycles. The second kappa shape index (κ2) is 38.5. The molecule has 2 unspecified atom stereocenters. The highest BCUT2D eigenvalue weighted by Gasteiger charge is 2.17. The molecule has 69 heavy (non-hydrogen) atoms. The number of carbonyl (C=O) groups excluding carboxylic acids is 4. The third-order valence-electron chi connectivity index (χ3n) is 9.16. The number of ether oxygens (including phenoxy) is 14. The average molecular weight is 1010 g/mol. The van der Waals surface area contributed by atoms with Gasteiger partial charge in [-0.1, -0.05) is 47.9 Å². The van der Waals surface area contributed by atoms with Crippen molar-refractivity contribution in [2.75, 3.05) is 157 Å². The minimum atomic E-state index is -0.757. The lowest BCUT2D eigenvalue weighted by Crippen LogP contribution is -2.29. The van der Waals surface area contributed by atoms with Gasteiger partial charge in [0, 0.05) is 11.5 Å². The maximum atomic E-state index is 12.9. The molecule has 2 aromatic rings. The van der Waals surface area contributed by atoms with Gasteiger partial charge in [-0.05, 0) is 35.4 Å². The normalized spacial score (nSPS) is 18.6. The molecule has 4 rings (SSSR count). The first-order chi connectivity index (χ1) is 34.0. The van der Waals surface area contributed by atoms with Crippen molar-refractivity contribution >= 4 is 47.4 Å².